The third-order valence-electron chi connectivity index (χ3n) is 3.96. The van der Waals surface area contributed by atoms with Crippen molar-refractivity contribution in [3.63, 3.8) is 0 Å². The maximum absolute atomic E-state index is 12.4. The Bertz CT molecular complexity index is 551. The van der Waals surface area contributed by atoms with E-state index >= 15 is 0 Å². The van der Waals surface area contributed by atoms with Crippen molar-refractivity contribution < 1.29 is 31.6 Å². The summed E-state index contributed by atoms with van der Waals surface area (Å²) < 4.78 is 44.4. The Labute approximate surface area is 149 Å². The molecule has 0 radical (unpaired) electrons. The van der Waals surface area contributed by atoms with Crippen LogP contribution in [0.15, 0.2) is 0 Å². The predicted octanol–water partition coefficient (Wildman–Crippen LogP) is 1.88. The van der Waals surface area contributed by atoms with Crippen molar-refractivity contribution >= 4 is 16.2 Å². The number of likely N-dealkylation sites (tertiary alicyclic amines) is 1. The molecule has 25 heavy (non-hydrogen) atoms. The van der Waals surface area contributed by atoms with Crippen LogP contribution in [-0.2, 0) is 28.5 Å². The first-order chi connectivity index (χ1) is 11.5. The van der Waals surface area contributed by atoms with E-state index in [2.05, 4.69) is 0 Å². The molecule has 8 nitrogen and oxygen atoms in total. The van der Waals surface area contributed by atoms with E-state index in [4.69, 9.17) is 18.4 Å². The summed E-state index contributed by atoms with van der Waals surface area (Å²) in [5, 5.41) is 0. The smallest absolute Gasteiger partial charge is 0.410 e. The van der Waals surface area contributed by atoms with Crippen LogP contribution in [-0.4, -0.2) is 69.5 Å². The van der Waals surface area contributed by atoms with Crippen LogP contribution in [0.1, 0.15) is 46.5 Å². The third kappa shape index (κ3) is 7.08. The highest BCUT2D eigenvalue weighted by atomic mass is 32.2. The van der Waals surface area contributed by atoms with Gasteiger partial charge in [-0.2, -0.15) is 8.42 Å². The molecule has 2 saturated heterocycles. The van der Waals surface area contributed by atoms with Crippen molar-refractivity contribution in [2.45, 2.75) is 70.5 Å². The van der Waals surface area contributed by atoms with Crippen molar-refractivity contribution in [3.05, 3.63) is 0 Å². The van der Waals surface area contributed by atoms with Crippen molar-refractivity contribution in [1.29, 1.82) is 0 Å². The number of hydrogen-bond acceptors (Lipinski definition) is 7. The van der Waals surface area contributed by atoms with Gasteiger partial charge in [-0.15, -0.1) is 0 Å². The minimum Gasteiger partial charge on any atom is -0.444 e. The van der Waals surface area contributed by atoms with Gasteiger partial charge in [0.1, 0.15) is 5.60 Å². The lowest BCUT2D eigenvalue weighted by atomic mass is 10.2. The standard InChI is InChI=1S/C16H29NO7S/c1-16(2,3)24-15(18)17-10-13(23-14-7-5-6-8-21-14)9-12(17)11-22-25(4,19)20/h12-14H,5-11H2,1-4H3. The van der Waals surface area contributed by atoms with E-state index in [1.54, 1.807) is 20.8 Å². The molecule has 0 spiro atoms. The first kappa shape index (κ1) is 20.4. The number of rotatable bonds is 5. The highest BCUT2D eigenvalue weighted by molar-refractivity contribution is 7.85. The number of ether oxygens (including phenoxy) is 3. The number of carbonyl (C=O) groups is 1. The fraction of sp³-hybridized carbons (Fsp3) is 0.938. The second-order valence-electron chi connectivity index (χ2n) is 7.57. The average molecular weight is 379 g/mol. The molecule has 0 aliphatic carbocycles. The van der Waals surface area contributed by atoms with E-state index in [0.717, 1.165) is 25.5 Å². The normalized spacial score (nSPS) is 28.2. The summed E-state index contributed by atoms with van der Waals surface area (Å²) in [5.41, 5.74) is -0.634. The van der Waals surface area contributed by atoms with E-state index in [9.17, 15) is 13.2 Å². The van der Waals surface area contributed by atoms with Gasteiger partial charge in [-0.05, 0) is 46.5 Å². The van der Waals surface area contributed by atoms with E-state index < -0.39 is 27.9 Å². The summed E-state index contributed by atoms with van der Waals surface area (Å²) in [6.07, 6.45) is 3.38. The first-order valence-electron chi connectivity index (χ1n) is 8.64. The van der Waals surface area contributed by atoms with Gasteiger partial charge in [0.25, 0.3) is 10.1 Å². The number of nitrogens with zero attached hydrogens (tertiary/aromatic N) is 1. The van der Waals surface area contributed by atoms with E-state index in [-0.39, 0.29) is 19.0 Å². The summed E-state index contributed by atoms with van der Waals surface area (Å²) in [6, 6.07) is -0.418. The summed E-state index contributed by atoms with van der Waals surface area (Å²) >= 11 is 0. The molecule has 0 N–H and O–H groups in total. The molecule has 1 amide bonds. The highest BCUT2D eigenvalue weighted by Crippen LogP contribution is 2.26. The van der Waals surface area contributed by atoms with E-state index in [1.165, 1.54) is 4.90 Å². The van der Waals surface area contributed by atoms with E-state index in [1.807, 2.05) is 0 Å². The molecule has 0 aromatic rings. The van der Waals surface area contributed by atoms with Crippen LogP contribution in [0.3, 0.4) is 0 Å². The van der Waals surface area contributed by atoms with Crippen LogP contribution in [0.5, 0.6) is 0 Å². The molecule has 0 bridgehead atoms. The van der Waals surface area contributed by atoms with Gasteiger partial charge in [0.15, 0.2) is 6.29 Å². The second-order valence-corrected chi connectivity index (χ2v) is 9.21. The first-order valence-corrected chi connectivity index (χ1v) is 10.5. The van der Waals surface area contributed by atoms with Crippen LogP contribution in [0.2, 0.25) is 0 Å². The molecule has 3 atom stereocenters. The van der Waals surface area contributed by atoms with Gasteiger partial charge in [-0.1, -0.05) is 0 Å². The Morgan fingerprint density at radius 3 is 2.56 bits per heavy atom. The molecule has 0 aromatic heterocycles. The summed E-state index contributed by atoms with van der Waals surface area (Å²) in [7, 11) is -3.58. The molecule has 9 heteroatoms. The molecule has 146 valence electrons. The van der Waals surface area contributed by atoms with Crippen molar-refractivity contribution in [1.82, 2.24) is 4.90 Å². The fourth-order valence-corrected chi connectivity index (χ4v) is 3.31. The minimum absolute atomic E-state index is 0.108. The molecule has 0 aromatic carbocycles. The van der Waals surface area contributed by atoms with Gasteiger partial charge in [0.05, 0.1) is 31.6 Å². The van der Waals surface area contributed by atoms with Crippen LogP contribution in [0, 0.1) is 0 Å². The SMILES string of the molecule is CC(C)(C)OC(=O)N1CC(OC2CCCCO2)CC1COS(C)(=O)=O. The van der Waals surface area contributed by atoms with Gasteiger partial charge in [0, 0.05) is 6.61 Å². The van der Waals surface area contributed by atoms with Crippen molar-refractivity contribution in [3.8, 4) is 0 Å². The highest BCUT2D eigenvalue weighted by Gasteiger charge is 2.40. The Morgan fingerprint density at radius 2 is 2.00 bits per heavy atom. The van der Waals surface area contributed by atoms with Crippen LogP contribution < -0.4 is 0 Å². The van der Waals surface area contributed by atoms with Gasteiger partial charge >= 0.3 is 6.09 Å². The zero-order valence-electron chi connectivity index (χ0n) is 15.4. The lowest BCUT2D eigenvalue weighted by molar-refractivity contribution is -0.185. The summed E-state index contributed by atoms with van der Waals surface area (Å²) in [6.45, 7) is 6.25. The number of carbonyl (C=O) groups excluding carboxylic acids is 1. The monoisotopic (exact) mass is 379 g/mol. The second kappa shape index (κ2) is 8.20. The molecular weight excluding hydrogens is 350 g/mol. The van der Waals surface area contributed by atoms with Gasteiger partial charge in [0.2, 0.25) is 0 Å². The molecule has 0 saturated carbocycles. The molecular formula is C16H29NO7S. The molecule has 2 aliphatic heterocycles. The number of hydrogen-bond donors (Lipinski definition) is 0. The predicted molar refractivity (Wildman–Crippen MR) is 90.6 cm³/mol. The van der Waals surface area contributed by atoms with Crippen LogP contribution >= 0.6 is 0 Å². The lowest BCUT2D eigenvalue weighted by Gasteiger charge is -2.28. The lowest BCUT2D eigenvalue weighted by Crippen LogP contribution is -2.42. The average Bonchev–Trinajstić information content (AvgIpc) is 2.87. The summed E-state index contributed by atoms with van der Waals surface area (Å²) in [5.74, 6) is 0. The quantitative estimate of drug-likeness (QED) is 0.674. The minimum atomic E-state index is -3.58. The third-order valence-corrected chi connectivity index (χ3v) is 4.52. The maximum atomic E-state index is 12.4. The van der Waals surface area contributed by atoms with E-state index in [0.29, 0.717) is 19.6 Å². The maximum Gasteiger partial charge on any atom is 0.410 e. The topological polar surface area (TPSA) is 91.4 Å². The van der Waals surface area contributed by atoms with Gasteiger partial charge < -0.3 is 19.1 Å². The van der Waals surface area contributed by atoms with Crippen LogP contribution in [0.4, 0.5) is 4.79 Å². The summed E-state index contributed by atoms with van der Waals surface area (Å²) in [4.78, 5) is 13.9. The molecule has 2 rings (SSSR count). The zero-order valence-corrected chi connectivity index (χ0v) is 16.2. The van der Waals surface area contributed by atoms with Crippen LogP contribution in [0.25, 0.3) is 0 Å². The zero-order chi connectivity index (χ0) is 18.7. The van der Waals surface area contributed by atoms with Gasteiger partial charge in [-0.25, -0.2) is 4.79 Å². The van der Waals surface area contributed by atoms with Crippen molar-refractivity contribution in [2.75, 3.05) is 26.0 Å². The molecule has 2 heterocycles. The Balaban J connectivity index is 1.99. The molecule has 3 unspecified atom stereocenters. The Hall–Kier alpha value is -0.900. The number of amides is 1. The molecule has 2 aliphatic rings. The molecule has 2 fully saturated rings. The van der Waals surface area contributed by atoms with Gasteiger partial charge in [-0.3, -0.25) is 4.18 Å². The Morgan fingerprint density at radius 1 is 1.28 bits per heavy atom. The van der Waals surface area contributed by atoms with Crippen molar-refractivity contribution in [2.24, 2.45) is 0 Å². The largest absolute Gasteiger partial charge is 0.444 e. The Kier molecular flexibility index (Phi) is 6.69. The fourth-order valence-electron chi connectivity index (χ4n) is 2.91.